The molecular weight excluding hydrogens is 483 g/mol. The van der Waals surface area contributed by atoms with Crippen LogP contribution in [0.4, 0.5) is 21.8 Å². The second-order valence-electron chi connectivity index (χ2n) is 8.95. The van der Waals surface area contributed by atoms with Crippen molar-refractivity contribution < 1.29 is 12.8 Å². The lowest BCUT2D eigenvalue weighted by Gasteiger charge is -2.32. The molecule has 1 aliphatic rings. The van der Waals surface area contributed by atoms with E-state index in [-0.39, 0.29) is 16.6 Å². The van der Waals surface area contributed by atoms with Gasteiger partial charge in [0.25, 0.3) is 0 Å². The molecule has 0 spiro atoms. The fraction of sp³-hybridized carbons (Fsp3) is 0.375. The Balaban J connectivity index is 1.32. The van der Waals surface area contributed by atoms with Crippen molar-refractivity contribution in [2.24, 2.45) is 0 Å². The third kappa shape index (κ3) is 4.85. The molecule has 0 aliphatic carbocycles. The minimum Gasteiger partial charge on any atom is -0.341 e. The van der Waals surface area contributed by atoms with Gasteiger partial charge >= 0.3 is 0 Å². The number of sulfone groups is 1. The Hall–Kier alpha value is -3.67. The highest BCUT2D eigenvalue weighted by Gasteiger charge is 2.25. The summed E-state index contributed by atoms with van der Waals surface area (Å²) in [5.41, 5.74) is 1.92. The number of hydrogen-bond acceptors (Lipinski definition) is 9. The molecule has 188 valence electrons. The summed E-state index contributed by atoms with van der Waals surface area (Å²) in [7, 11) is -3.50. The molecule has 1 aromatic carbocycles. The van der Waals surface area contributed by atoms with Gasteiger partial charge in [0.15, 0.2) is 15.5 Å². The third-order valence-corrected chi connectivity index (χ3v) is 7.45. The molecule has 5 rings (SSSR count). The van der Waals surface area contributed by atoms with E-state index in [1.165, 1.54) is 18.5 Å². The topological polar surface area (TPSA) is 119 Å². The molecule has 3 aromatic heterocycles. The number of aryl methyl sites for hydroxylation is 1. The number of nitrogens with one attached hydrogen (secondary N) is 1. The van der Waals surface area contributed by atoms with Gasteiger partial charge in [0, 0.05) is 31.7 Å². The second-order valence-corrected chi connectivity index (χ2v) is 11.0. The molecule has 4 aromatic rings. The van der Waals surface area contributed by atoms with Crippen LogP contribution in [-0.4, -0.2) is 57.5 Å². The van der Waals surface area contributed by atoms with Crippen molar-refractivity contribution in [3.05, 3.63) is 54.5 Å². The van der Waals surface area contributed by atoms with Crippen molar-refractivity contribution in [2.45, 2.75) is 43.5 Å². The van der Waals surface area contributed by atoms with Crippen molar-refractivity contribution in [3.63, 3.8) is 0 Å². The quantitative estimate of drug-likeness (QED) is 0.397. The summed E-state index contributed by atoms with van der Waals surface area (Å²) in [4.78, 5) is 19.9. The summed E-state index contributed by atoms with van der Waals surface area (Å²) in [6.07, 6.45) is 11.7. The lowest BCUT2D eigenvalue weighted by molar-refractivity contribution is 0.372. The predicted octanol–water partition coefficient (Wildman–Crippen LogP) is 3.70. The minimum atomic E-state index is -3.50. The van der Waals surface area contributed by atoms with Crippen LogP contribution in [0.2, 0.25) is 0 Å². The average molecular weight is 511 g/mol. The van der Waals surface area contributed by atoms with E-state index in [1.807, 2.05) is 17.1 Å². The molecule has 0 saturated carbocycles. The van der Waals surface area contributed by atoms with Crippen LogP contribution in [0.25, 0.3) is 11.0 Å². The van der Waals surface area contributed by atoms with E-state index in [1.54, 1.807) is 6.20 Å². The first-order valence-electron chi connectivity index (χ1n) is 11.8. The maximum atomic E-state index is 14.6. The molecule has 36 heavy (non-hydrogen) atoms. The minimum absolute atomic E-state index is 0.0835. The molecule has 1 saturated heterocycles. The molecular formula is C24H27FN8O2S. The molecule has 0 bridgehead atoms. The summed E-state index contributed by atoms with van der Waals surface area (Å²) < 4.78 is 39.9. The third-order valence-electron chi connectivity index (χ3n) is 6.34. The fourth-order valence-electron chi connectivity index (χ4n) is 4.42. The van der Waals surface area contributed by atoms with Gasteiger partial charge in [-0.1, -0.05) is 13.3 Å². The lowest BCUT2D eigenvalue weighted by Crippen LogP contribution is -2.36. The van der Waals surface area contributed by atoms with Crippen LogP contribution in [0.1, 0.15) is 37.8 Å². The van der Waals surface area contributed by atoms with Gasteiger partial charge in [-0.25, -0.2) is 37.4 Å². The van der Waals surface area contributed by atoms with Crippen LogP contribution in [0.5, 0.6) is 0 Å². The van der Waals surface area contributed by atoms with Crippen LogP contribution in [-0.2, 0) is 16.3 Å². The molecule has 1 aliphatic heterocycles. The number of anilines is 3. The number of halogens is 1. The smallest absolute Gasteiger partial charge is 0.225 e. The van der Waals surface area contributed by atoms with Crippen molar-refractivity contribution in [3.8, 4) is 0 Å². The molecule has 0 radical (unpaired) electrons. The zero-order valence-corrected chi connectivity index (χ0v) is 20.9. The van der Waals surface area contributed by atoms with Gasteiger partial charge < -0.3 is 10.2 Å². The molecule has 0 amide bonds. The van der Waals surface area contributed by atoms with Crippen LogP contribution in [0.15, 0.2) is 48.0 Å². The molecule has 10 nitrogen and oxygen atoms in total. The molecule has 0 atom stereocenters. The number of benzene rings is 1. The van der Waals surface area contributed by atoms with E-state index in [0.29, 0.717) is 16.9 Å². The number of nitrogens with zero attached hydrogens (tertiary/aromatic N) is 7. The van der Waals surface area contributed by atoms with E-state index in [2.05, 4.69) is 42.2 Å². The molecule has 1 fully saturated rings. The number of piperidine rings is 1. The maximum Gasteiger partial charge on any atom is 0.225 e. The fourth-order valence-corrected chi connectivity index (χ4v) is 5.06. The predicted molar refractivity (Wildman–Crippen MR) is 135 cm³/mol. The zero-order chi connectivity index (χ0) is 25.3. The van der Waals surface area contributed by atoms with Crippen molar-refractivity contribution in [1.82, 2.24) is 29.7 Å². The van der Waals surface area contributed by atoms with Crippen LogP contribution in [0, 0.1) is 5.82 Å². The Morgan fingerprint density at radius 2 is 1.83 bits per heavy atom. The standard InChI is InChI=1S/C24H27FN8O2S/c1-3-4-16-12-26-24(27-13-16)32-9-7-17(8-10-32)33-23-19(14-30-33)22(28-15-29-23)31-21-6-5-18(11-20(21)25)36(2,34)35/h5-6,11-15,17H,3-4,7-10H2,1-2H3,(H,28,29,31). The number of rotatable bonds is 7. The Morgan fingerprint density at radius 1 is 1.08 bits per heavy atom. The van der Waals surface area contributed by atoms with Gasteiger partial charge in [0.05, 0.1) is 28.2 Å². The normalized spacial score (nSPS) is 14.9. The largest absolute Gasteiger partial charge is 0.341 e. The summed E-state index contributed by atoms with van der Waals surface area (Å²) in [6, 6.07) is 3.88. The van der Waals surface area contributed by atoms with Crippen molar-refractivity contribution in [2.75, 3.05) is 29.6 Å². The van der Waals surface area contributed by atoms with Gasteiger partial charge in [0.1, 0.15) is 18.0 Å². The van der Waals surface area contributed by atoms with E-state index in [4.69, 9.17) is 0 Å². The van der Waals surface area contributed by atoms with Gasteiger partial charge in [-0.15, -0.1) is 0 Å². The monoisotopic (exact) mass is 510 g/mol. The first-order valence-corrected chi connectivity index (χ1v) is 13.7. The van der Waals surface area contributed by atoms with Gasteiger partial charge in [-0.2, -0.15) is 5.10 Å². The zero-order valence-electron chi connectivity index (χ0n) is 20.1. The molecule has 1 N–H and O–H groups in total. The molecule has 4 heterocycles. The Labute approximate surface area is 208 Å². The lowest BCUT2D eigenvalue weighted by atomic mass is 10.1. The Morgan fingerprint density at radius 3 is 2.50 bits per heavy atom. The van der Waals surface area contributed by atoms with E-state index >= 15 is 0 Å². The van der Waals surface area contributed by atoms with E-state index < -0.39 is 15.7 Å². The summed E-state index contributed by atoms with van der Waals surface area (Å²) >= 11 is 0. The first kappa shape index (κ1) is 24.0. The second kappa shape index (κ2) is 9.76. The summed E-state index contributed by atoms with van der Waals surface area (Å²) in [5.74, 6) is 0.459. The van der Waals surface area contributed by atoms with Gasteiger partial charge in [0.2, 0.25) is 5.95 Å². The van der Waals surface area contributed by atoms with Crippen LogP contribution < -0.4 is 10.2 Å². The average Bonchev–Trinajstić information content (AvgIpc) is 3.31. The summed E-state index contributed by atoms with van der Waals surface area (Å²) in [6.45, 7) is 3.73. The maximum absolute atomic E-state index is 14.6. The highest BCUT2D eigenvalue weighted by Crippen LogP contribution is 2.30. The number of fused-ring (bicyclic) bond motifs is 1. The molecule has 0 unspecified atom stereocenters. The molecule has 12 heteroatoms. The van der Waals surface area contributed by atoms with Crippen LogP contribution in [0.3, 0.4) is 0 Å². The van der Waals surface area contributed by atoms with Crippen molar-refractivity contribution in [1.29, 1.82) is 0 Å². The summed E-state index contributed by atoms with van der Waals surface area (Å²) in [5, 5.41) is 8.18. The van der Waals surface area contributed by atoms with E-state index in [9.17, 15) is 12.8 Å². The Kier molecular flexibility index (Phi) is 6.52. The SMILES string of the molecule is CCCc1cnc(N2CCC(n3ncc4c(Nc5ccc(S(C)(=O)=O)cc5F)ncnc43)CC2)nc1. The highest BCUT2D eigenvalue weighted by atomic mass is 32.2. The first-order chi connectivity index (χ1) is 17.3. The number of aromatic nitrogens is 6. The van der Waals surface area contributed by atoms with E-state index in [0.717, 1.165) is 62.6 Å². The Bertz CT molecular complexity index is 1480. The van der Waals surface area contributed by atoms with Gasteiger partial charge in [-0.3, -0.25) is 0 Å². The van der Waals surface area contributed by atoms with Crippen LogP contribution >= 0.6 is 0 Å². The highest BCUT2D eigenvalue weighted by molar-refractivity contribution is 7.90. The number of hydrogen-bond donors (Lipinski definition) is 1. The van der Waals surface area contributed by atoms with Gasteiger partial charge in [-0.05, 0) is 43.0 Å². The van der Waals surface area contributed by atoms with Crippen molar-refractivity contribution >= 4 is 38.3 Å².